The van der Waals surface area contributed by atoms with Crippen LogP contribution in [-0.4, -0.2) is 12.1 Å². The Bertz CT molecular complexity index is 690. The number of nitrogens with two attached hydrogens (primary N) is 1. The van der Waals surface area contributed by atoms with Crippen molar-refractivity contribution in [3.63, 3.8) is 0 Å². The second kappa shape index (κ2) is 5.49. The third-order valence-electron chi connectivity index (χ3n) is 2.84. The van der Waals surface area contributed by atoms with Gasteiger partial charge in [-0.05, 0) is 26.0 Å². The first kappa shape index (κ1) is 13.7. The molecule has 0 unspecified atom stereocenters. The molecule has 2 N–H and O–H groups in total. The summed E-state index contributed by atoms with van der Waals surface area (Å²) in [5, 5.41) is 9.21. The Morgan fingerprint density at radius 3 is 2.60 bits per heavy atom. The predicted molar refractivity (Wildman–Crippen MR) is 75.9 cm³/mol. The lowest BCUT2D eigenvalue weighted by Gasteiger charge is -2.12. The maximum Gasteiger partial charge on any atom is 0.154 e. The Morgan fingerprint density at radius 1 is 1.20 bits per heavy atom. The van der Waals surface area contributed by atoms with E-state index in [-0.39, 0.29) is 0 Å². The van der Waals surface area contributed by atoms with Crippen LogP contribution in [0.4, 0.5) is 5.69 Å². The van der Waals surface area contributed by atoms with Gasteiger partial charge in [-0.1, -0.05) is 0 Å². The van der Waals surface area contributed by atoms with E-state index in [2.05, 4.69) is 11.1 Å². The number of hydrogen-bond acceptors (Lipinski definition) is 5. The van der Waals surface area contributed by atoms with Gasteiger partial charge in [-0.2, -0.15) is 5.26 Å². The van der Waals surface area contributed by atoms with Crippen LogP contribution in [0.15, 0.2) is 24.3 Å². The van der Waals surface area contributed by atoms with Gasteiger partial charge in [0.1, 0.15) is 23.1 Å². The molecule has 1 heterocycles. The lowest BCUT2D eigenvalue weighted by atomic mass is 10.2. The number of aryl methyl sites for hydroxylation is 2. The van der Waals surface area contributed by atoms with Gasteiger partial charge in [0.2, 0.25) is 0 Å². The highest BCUT2D eigenvalue weighted by atomic mass is 16.5. The minimum absolute atomic E-state index is 0.401. The van der Waals surface area contributed by atoms with Gasteiger partial charge in [0, 0.05) is 17.8 Å². The Balaban J connectivity index is 2.47. The molecule has 1 aromatic carbocycles. The summed E-state index contributed by atoms with van der Waals surface area (Å²) in [7, 11) is 1.57. The van der Waals surface area contributed by atoms with Crippen molar-refractivity contribution in [2.45, 2.75) is 13.8 Å². The van der Waals surface area contributed by atoms with E-state index in [0.717, 1.165) is 5.69 Å². The molecule has 0 bridgehead atoms. The lowest BCUT2D eigenvalue weighted by molar-refractivity contribution is 0.409. The molecule has 0 fully saturated rings. The summed E-state index contributed by atoms with van der Waals surface area (Å²) in [6.45, 7) is 3.61. The van der Waals surface area contributed by atoms with Crippen molar-refractivity contribution in [1.29, 1.82) is 5.26 Å². The Morgan fingerprint density at radius 2 is 1.95 bits per heavy atom. The van der Waals surface area contributed by atoms with Crippen LogP contribution < -0.4 is 15.2 Å². The van der Waals surface area contributed by atoms with Crippen LogP contribution in [0, 0.1) is 25.2 Å². The summed E-state index contributed by atoms with van der Waals surface area (Å²) in [5.41, 5.74) is 8.16. The highest BCUT2D eigenvalue weighted by Gasteiger charge is 2.12. The maximum absolute atomic E-state index is 9.21. The van der Waals surface area contributed by atoms with E-state index in [1.807, 2.05) is 6.92 Å². The van der Waals surface area contributed by atoms with Crippen LogP contribution in [0.5, 0.6) is 17.2 Å². The summed E-state index contributed by atoms with van der Waals surface area (Å²) in [4.78, 5) is 4.24. The van der Waals surface area contributed by atoms with Crippen LogP contribution in [-0.2, 0) is 0 Å². The number of nitriles is 1. The van der Waals surface area contributed by atoms with Crippen LogP contribution in [0.2, 0.25) is 0 Å². The molecule has 2 aromatic rings. The molecule has 0 aliphatic rings. The predicted octanol–water partition coefficient (Wildman–Crippen LogP) is 2.95. The minimum atomic E-state index is 0.401. The largest absolute Gasteiger partial charge is 0.497 e. The van der Waals surface area contributed by atoms with Crippen LogP contribution >= 0.6 is 0 Å². The molecule has 0 radical (unpaired) electrons. The molecular formula is C15H15N3O2. The number of nitrogens with zero attached hydrogens (tertiary/aromatic N) is 2. The number of nitrogen functional groups attached to an aromatic ring is 1. The molecule has 0 atom stereocenters. The smallest absolute Gasteiger partial charge is 0.154 e. The first-order valence-corrected chi connectivity index (χ1v) is 6.05. The van der Waals surface area contributed by atoms with Gasteiger partial charge in [0.05, 0.1) is 18.5 Å². The topological polar surface area (TPSA) is 81.2 Å². The molecule has 0 amide bonds. The number of rotatable bonds is 3. The molecule has 5 nitrogen and oxygen atoms in total. The van der Waals surface area contributed by atoms with Crippen molar-refractivity contribution in [3.8, 4) is 23.3 Å². The first-order valence-electron chi connectivity index (χ1n) is 6.05. The van der Waals surface area contributed by atoms with Crippen LogP contribution in [0.3, 0.4) is 0 Å². The second-order valence-electron chi connectivity index (χ2n) is 4.34. The fourth-order valence-corrected chi connectivity index (χ4v) is 1.86. The molecule has 0 saturated heterocycles. The highest BCUT2D eigenvalue weighted by molar-refractivity contribution is 5.58. The van der Waals surface area contributed by atoms with Crippen molar-refractivity contribution in [2.24, 2.45) is 0 Å². The summed E-state index contributed by atoms with van der Waals surface area (Å²) < 4.78 is 10.9. The highest BCUT2D eigenvalue weighted by Crippen LogP contribution is 2.33. The number of anilines is 1. The summed E-state index contributed by atoms with van der Waals surface area (Å²) >= 11 is 0. The van der Waals surface area contributed by atoms with Crippen LogP contribution in [0.1, 0.15) is 17.0 Å². The van der Waals surface area contributed by atoms with Gasteiger partial charge >= 0.3 is 0 Å². The van der Waals surface area contributed by atoms with Crippen molar-refractivity contribution in [1.82, 2.24) is 4.98 Å². The molecule has 5 heteroatoms. The Hall–Kier alpha value is -2.74. The van der Waals surface area contributed by atoms with E-state index in [9.17, 15) is 5.26 Å². The monoisotopic (exact) mass is 269 g/mol. The molecule has 0 spiro atoms. The molecule has 0 aliphatic heterocycles. The molecule has 20 heavy (non-hydrogen) atoms. The normalized spacial score (nSPS) is 9.90. The van der Waals surface area contributed by atoms with Crippen molar-refractivity contribution >= 4 is 5.69 Å². The van der Waals surface area contributed by atoms with Gasteiger partial charge in [0.25, 0.3) is 0 Å². The van der Waals surface area contributed by atoms with Gasteiger partial charge in [-0.3, -0.25) is 4.98 Å². The number of aromatic nitrogens is 1. The number of hydrogen-bond donors (Lipinski definition) is 1. The molecular weight excluding hydrogens is 254 g/mol. The second-order valence-corrected chi connectivity index (χ2v) is 4.34. The SMILES string of the molecule is COc1ccc(N)c(Oc2cc(C)nc(C)c2C#N)c1. The average molecular weight is 269 g/mol. The zero-order valence-corrected chi connectivity index (χ0v) is 11.6. The van der Waals surface area contributed by atoms with E-state index in [1.54, 1.807) is 38.3 Å². The first-order chi connectivity index (χ1) is 9.55. The maximum atomic E-state index is 9.21. The zero-order valence-electron chi connectivity index (χ0n) is 11.6. The van der Waals surface area contributed by atoms with E-state index in [1.165, 1.54) is 0 Å². The lowest BCUT2D eigenvalue weighted by Crippen LogP contribution is -1.98. The number of pyridine rings is 1. The average Bonchev–Trinajstić information content (AvgIpc) is 2.41. The third kappa shape index (κ3) is 2.64. The Labute approximate surface area is 117 Å². The number of benzene rings is 1. The quantitative estimate of drug-likeness (QED) is 0.866. The third-order valence-corrected chi connectivity index (χ3v) is 2.84. The summed E-state index contributed by atoms with van der Waals surface area (Å²) in [6, 6.07) is 8.94. The molecule has 0 saturated carbocycles. The van der Waals surface area contributed by atoms with E-state index >= 15 is 0 Å². The molecule has 102 valence electrons. The van der Waals surface area contributed by atoms with Crippen molar-refractivity contribution in [3.05, 3.63) is 41.2 Å². The van der Waals surface area contributed by atoms with E-state index in [0.29, 0.717) is 34.2 Å². The van der Waals surface area contributed by atoms with E-state index in [4.69, 9.17) is 15.2 Å². The minimum Gasteiger partial charge on any atom is -0.497 e. The summed E-state index contributed by atoms with van der Waals surface area (Å²) in [6.07, 6.45) is 0. The van der Waals surface area contributed by atoms with Gasteiger partial charge < -0.3 is 15.2 Å². The fourth-order valence-electron chi connectivity index (χ4n) is 1.86. The zero-order chi connectivity index (χ0) is 14.7. The van der Waals surface area contributed by atoms with Crippen molar-refractivity contribution < 1.29 is 9.47 Å². The van der Waals surface area contributed by atoms with Crippen molar-refractivity contribution in [2.75, 3.05) is 12.8 Å². The standard InChI is InChI=1S/C15H15N3O2/c1-9-6-14(12(8-16)10(2)18-9)20-15-7-11(19-3)4-5-13(15)17/h4-7H,17H2,1-3H3. The summed E-state index contributed by atoms with van der Waals surface area (Å²) in [5.74, 6) is 1.53. The molecule has 0 aliphatic carbocycles. The molecule has 2 rings (SSSR count). The van der Waals surface area contributed by atoms with Crippen LogP contribution in [0.25, 0.3) is 0 Å². The number of methoxy groups -OCH3 is 1. The number of ether oxygens (including phenoxy) is 2. The van der Waals surface area contributed by atoms with Gasteiger partial charge in [-0.25, -0.2) is 0 Å². The molecule has 1 aromatic heterocycles. The van der Waals surface area contributed by atoms with Gasteiger partial charge in [0.15, 0.2) is 5.75 Å². The van der Waals surface area contributed by atoms with E-state index < -0.39 is 0 Å². The van der Waals surface area contributed by atoms with Gasteiger partial charge in [-0.15, -0.1) is 0 Å². The Kier molecular flexibility index (Phi) is 3.76. The fraction of sp³-hybridized carbons (Fsp3) is 0.200.